The molecule has 1 N–H and O–H groups in total. The highest BCUT2D eigenvalue weighted by Gasteiger charge is 2.58. The maximum absolute atomic E-state index is 12.8. The van der Waals surface area contributed by atoms with Gasteiger partial charge >= 0.3 is 0 Å². The van der Waals surface area contributed by atoms with Gasteiger partial charge in [-0.3, -0.25) is 0 Å². The number of ether oxygens (including phenoxy) is 1. The van der Waals surface area contributed by atoms with Crippen molar-refractivity contribution in [1.29, 1.82) is 0 Å². The van der Waals surface area contributed by atoms with Crippen molar-refractivity contribution in [1.82, 2.24) is 15.5 Å². The van der Waals surface area contributed by atoms with Gasteiger partial charge in [-0.05, 0) is 49.1 Å². The molecular weight excluding hydrogens is 273 g/mol. The van der Waals surface area contributed by atoms with Gasteiger partial charge in [0.25, 0.3) is 0 Å². The van der Waals surface area contributed by atoms with Crippen LogP contribution in [0.4, 0.5) is 4.39 Å². The fraction of sp³-hybridized carbons (Fsp3) is 0.467. The molecule has 1 aliphatic carbocycles. The summed E-state index contributed by atoms with van der Waals surface area (Å²) >= 11 is 0. The van der Waals surface area contributed by atoms with Crippen LogP contribution in [0.3, 0.4) is 0 Å². The van der Waals surface area contributed by atoms with Crippen molar-refractivity contribution in [2.45, 2.75) is 25.4 Å². The molecule has 5 nitrogen and oxygen atoms in total. The molecule has 0 amide bonds. The van der Waals surface area contributed by atoms with Crippen molar-refractivity contribution < 1.29 is 13.7 Å². The predicted molar refractivity (Wildman–Crippen MR) is 72.3 cm³/mol. The van der Waals surface area contributed by atoms with Crippen molar-refractivity contribution in [3.8, 4) is 5.75 Å². The number of hydrogen-bond donors (Lipinski definition) is 1. The Morgan fingerprint density at radius 3 is 3.00 bits per heavy atom. The molecule has 21 heavy (non-hydrogen) atoms. The third-order valence-electron chi connectivity index (χ3n) is 4.43. The SMILES string of the molecule is Fc1ccc(OCc2noc(C3CC34CCNC4)n2)cc1. The molecule has 1 saturated heterocycles. The number of halogens is 1. The summed E-state index contributed by atoms with van der Waals surface area (Å²) in [6.45, 7) is 2.35. The summed E-state index contributed by atoms with van der Waals surface area (Å²) in [5.74, 6) is 1.94. The zero-order valence-corrected chi connectivity index (χ0v) is 11.5. The van der Waals surface area contributed by atoms with Gasteiger partial charge in [0.1, 0.15) is 11.6 Å². The average Bonchev–Trinajstić information content (AvgIpc) is 2.85. The number of nitrogens with one attached hydrogen (secondary N) is 1. The summed E-state index contributed by atoms with van der Waals surface area (Å²) < 4.78 is 23.7. The third kappa shape index (κ3) is 2.40. The lowest BCUT2D eigenvalue weighted by Gasteiger charge is -2.03. The van der Waals surface area contributed by atoms with Gasteiger partial charge in [-0.2, -0.15) is 4.98 Å². The Hall–Kier alpha value is -1.95. The summed E-state index contributed by atoms with van der Waals surface area (Å²) in [5, 5.41) is 7.35. The van der Waals surface area contributed by atoms with Gasteiger partial charge in [0, 0.05) is 12.5 Å². The van der Waals surface area contributed by atoms with Crippen LogP contribution in [0, 0.1) is 11.2 Å². The molecule has 0 radical (unpaired) electrons. The average molecular weight is 289 g/mol. The second-order valence-corrected chi connectivity index (χ2v) is 5.84. The van der Waals surface area contributed by atoms with Crippen LogP contribution >= 0.6 is 0 Å². The van der Waals surface area contributed by atoms with Gasteiger partial charge in [0.2, 0.25) is 11.7 Å². The Bertz CT molecular complexity index is 635. The molecular formula is C15H16FN3O2. The van der Waals surface area contributed by atoms with Crippen molar-refractivity contribution in [2.75, 3.05) is 13.1 Å². The summed E-state index contributed by atoms with van der Waals surface area (Å²) in [6.07, 6.45) is 2.31. The van der Waals surface area contributed by atoms with Gasteiger partial charge in [-0.25, -0.2) is 4.39 Å². The molecule has 2 aliphatic rings. The van der Waals surface area contributed by atoms with E-state index < -0.39 is 0 Å². The lowest BCUT2D eigenvalue weighted by molar-refractivity contribution is 0.284. The monoisotopic (exact) mass is 289 g/mol. The van der Waals surface area contributed by atoms with Crippen LogP contribution in [0.1, 0.15) is 30.5 Å². The molecule has 110 valence electrons. The van der Waals surface area contributed by atoms with E-state index in [-0.39, 0.29) is 12.4 Å². The van der Waals surface area contributed by atoms with E-state index in [1.165, 1.54) is 18.6 Å². The quantitative estimate of drug-likeness (QED) is 0.935. The van der Waals surface area contributed by atoms with Gasteiger partial charge in [-0.1, -0.05) is 5.16 Å². The van der Waals surface area contributed by atoms with E-state index >= 15 is 0 Å². The summed E-state index contributed by atoms with van der Waals surface area (Å²) in [4.78, 5) is 4.42. The van der Waals surface area contributed by atoms with Crippen LogP contribution in [0.15, 0.2) is 28.8 Å². The van der Waals surface area contributed by atoms with Gasteiger partial charge in [-0.15, -0.1) is 0 Å². The Labute approximate surface area is 121 Å². The molecule has 1 spiro atoms. The third-order valence-corrected chi connectivity index (χ3v) is 4.43. The van der Waals surface area contributed by atoms with Crippen LogP contribution in [0.5, 0.6) is 5.75 Å². The highest BCUT2D eigenvalue weighted by molar-refractivity contribution is 5.22. The minimum Gasteiger partial charge on any atom is -0.485 e. The molecule has 2 heterocycles. The first kappa shape index (κ1) is 12.8. The molecule has 1 aromatic heterocycles. The smallest absolute Gasteiger partial charge is 0.230 e. The lowest BCUT2D eigenvalue weighted by Crippen LogP contribution is -2.10. The number of benzene rings is 1. The Kier molecular flexibility index (Phi) is 2.92. The molecule has 1 aliphatic heterocycles. The molecule has 2 unspecified atom stereocenters. The zero-order chi connectivity index (χ0) is 14.3. The molecule has 1 saturated carbocycles. The minimum atomic E-state index is -0.284. The molecule has 2 atom stereocenters. The molecule has 1 aromatic carbocycles. The standard InChI is InChI=1S/C15H16FN3O2/c16-10-1-3-11(4-2-10)20-8-13-18-14(21-19-13)12-7-15(12)5-6-17-9-15/h1-4,12,17H,5-9H2. The largest absolute Gasteiger partial charge is 0.485 e. The van der Waals surface area contributed by atoms with E-state index in [1.54, 1.807) is 12.1 Å². The van der Waals surface area contributed by atoms with Gasteiger partial charge in [0.05, 0.1) is 0 Å². The van der Waals surface area contributed by atoms with Crippen LogP contribution in [-0.2, 0) is 6.61 Å². The number of rotatable bonds is 4. The van der Waals surface area contributed by atoms with E-state index in [0.29, 0.717) is 22.9 Å². The van der Waals surface area contributed by atoms with E-state index in [9.17, 15) is 4.39 Å². The van der Waals surface area contributed by atoms with Crippen LogP contribution in [0.2, 0.25) is 0 Å². The number of nitrogens with zero attached hydrogens (tertiary/aromatic N) is 2. The van der Waals surface area contributed by atoms with Crippen molar-refractivity contribution in [2.24, 2.45) is 5.41 Å². The van der Waals surface area contributed by atoms with Crippen LogP contribution in [0.25, 0.3) is 0 Å². The normalized spacial score (nSPS) is 27.2. The minimum absolute atomic E-state index is 0.229. The fourth-order valence-corrected chi connectivity index (χ4v) is 3.08. The van der Waals surface area contributed by atoms with Crippen molar-refractivity contribution in [3.63, 3.8) is 0 Å². The molecule has 4 rings (SSSR count). The van der Waals surface area contributed by atoms with Crippen LogP contribution < -0.4 is 10.1 Å². The predicted octanol–water partition coefficient (Wildman–Crippen LogP) is 2.25. The van der Waals surface area contributed by atoms with Crippen molar-refractivity contribution >= 4 is 0 Å². The van der Waals surface area contributed by atoms with Gasteiger partial charge in [0.15, 0.2) is 6.61 Å². The molecule has 2 fully saturated rings. The summed E-state index contributed by atoms with van der Waals surface area (Å²) in [5.41, 5.74) is 0.349. The van der Waals surface area contributed by atoms with E-state index in [2.05, 4.69) is 15.5 Å². The fourth-order valence-electron chi connectivity index (χ4n) is 3.08. The molecule has 6 heteroatoms. The Morgan fingerprint density at radius 1 is 1.38 bits per heavy atom. The second kappa shape index (κ2) is 4.80. The first-order valence-electron chi connectivity index (χ1n) is 7.17. The first-order valence-corrected chi connectivity index (χ1v) is 7.17. The van der Waals surface area contributed by atoms with E-state index in [4.69, 9.17) is 9.26 Å². The number of aromatic nitrogens is 2. The van der Waals surface area contributed by atoms with E-state index in [1.807, 2.05) is 0 Å². The lowest BCUT2D eigenvalue weighted by atomic mass is 10.0. The highest BCUT2D eigenvalue weighted by atomic mass is 19.1. The Morgan fingerprint density at radius 2 is 2.24 bits per heavy atom. The van der Waals surface area contributed by atoms with Gasteiger partial charge < -0.3 is 14.6 Å². The molecule has 2 aromatic rings. The first-order chi connectivity index (χ1) is 10.3. The molecule has 0 bridgehead atoms. The maximum atomic E-state index is 12.8. The summed E-state index contributed by atoms with van der Waals surface area (Å²) in [6, 6.07) is 5.88. The van der Waals surface area contributed by atoms with Crippen LogP contribution in [-0.4, -0.2) is 23.2 Å². The zero-order valence-electron chi connectivity index (χ0n) is 11.5. The highest BCUT2D eigenvalue weighted by Crippen LogP contribution is 2.62. The van der Waals surface area contributed by atoms with E-state index in [0.717, 1.165) is 25.4 Å². The maximum Gasteiger partial charge on any atom is 0.230 e. The topological polar surface area (TPSA) is 60.2 Å². The van der Waals surface area contributed by atoms with Crippen molar-refractivity contribution in [3.05, 3.63) is 41.8 Å². The Balaban J connectivity index is 1.38. The summed E-state index contributed by atoms with van der Waals surface area (Å²) in [7, 11) is 0. The second-order valence-electron chi connectivity index (χ2n) is 5.84. The number of hydrogen-bond acceptors (Lipinski definition) is 5.